The normalized spacial score (nSPS) is 16.6. The molecule has 3 rings (SSSR count). The molecule has 0 amide bonds. The van der Waals surface area contributed by atoms with Crippen LogP contribution in [0.4, 0.5) is 0 Å². The molecule has 0 fully saturated rings. The van der Waals surface area contributed by atoms with Gasteiger partial charge in [0.05, 0.1) is 11.1 Å². The Bertz CT molecular complexity index is 763. The van der Waals surface area contributed by atoms with E-state index in [-0.39, 0.29) is 0 Å². The van der Waals surface area contributed by atoms with Crippen LogP contribution in [-0.4, -0.2) is 15.9 Å². The molecule has 1 aliphatic heterocycles. The van der Waals surface area contributed by atoms with Gasteiger partial charge in [-0.25, -0.2) is 5.06 Å². The lowest BCUT2D eigenvalue weighted by molar-refractivity contribution is -0.105. The van der Waals surface area contributed by atoms with Crippen molar-refractivity contribution in [2.75, 3.05) is 0 Å². The van der Waals surface area contributed by atoms with Gasteiger partial charge in [-0.3, -0.25) is 10.2 Å². The molecule has 2 aromatic rings. The molecule has 2 aromatic carbocycles. The van der Waals surface area contributed by atoms with Crippen molar-refractivity contribution < 1.29 is 5.21 Å². The summed E-state index contributed by atoms with van der Waals surface area (Å²) < 4.78 is 0. The summed E-state index contributed by atoms with van der Waals surface area (Å²) in [7, 11) is 0. The number of benzene rings is 2. The van der Waals surface area contributed by atoms with E-state index in [9.17, 15) is 5.21 Å². The summed E-state index contributed by atoms with van der Waals surface area (Å²) in [5.41, 5.74) is 2.28. The lowest BCUT2D eigenvalue weighted by atomic mass is 10.0. The molecule has 0 aliphatic carbocycles. The molecule has 0 spiro atoms. The van der Waals surface area contributed by atoms with Gasteiger partial charge < -0.3 is 0 Å². The quantitative estimate of drug-likeness (QED) is 0.859. The first-order chi connectivity index (χ1) is 9.49. The van der Waals surface area contributed by atoms with Gasteiger partial charge >= 0.3 is 0 Å². The molecule has 3 heteroatoms. The average molecular weight is 266 g/mol. The van der Waals surface area contributed by atoms with Crippen LogP contribution in [0.25, 0.3) is 5.70 Å². The average Bonchev–Trinajstić information content (AvgIpc) is 2.42. The first kappa shape index (κ1) is 12.9. The van der Waals surface area contributed by atoms with E-state index in [1.807, 2.05) is 63.2 Å². The van der Waals surface area contributed by atoms with E-state index in [0.29, 0.717) is 0 Å². The van der Waals surface area contributed by atoms with E-state index in [0.717, 1.165) is 27.4 Å². The second kappa shape index (κ2) is 4.46. The van der Waals surface area contributed by atoms with Gasteiger partial charge in [0.25, 0.3) is 0 Å². The molecule has 1 heterocycles. The number of aryl methyl sites for hydroxylation is 1. The summed E-state index contributed by atoms with van der Waals surface area (Å²) in [5.74, 6) is 0. The van der Waals surface area contributed by atoms with Crippen LogP contribution in [0.5, 0.6) is 0 Å². The molecule has 1 N–H and O–H groups in total. The van der Waals surface area contributed by atoms with Crippen molar-refractivity contribution in [3.8, 4) is 0 Å². The van der Waals surface area contributed by atoms with Gasteiger partial charge in [-0.05, 0) is 32.9 Å². The fraction of sp³-hybridized carbons (Fsp3) is 0.235. The second-order valence-electron chi connectivity index (χ2n) is 5.65. The monoisotopic (exact) mass is 266 g/mol. The van der Waals surface area contributed by atoms with Gasteiger partial charge in [-0.15, -0.1) is 0 Å². The second-order valence-corrected chi connectivity index (χ2v) is 5.65. The fourth-order valence-electron chi connectivity index (χ4n) is 2.54. The molecule has 1 aliphatic rings. The lowest BCUT2D eigenvalue weighted by Gasteiger charge is -2.35. The van der Waals surface area contributed by atoms with Gasteiger partial charge in [-0.2, -0.15) is 0 Å². The van der Waals surface area contributed by atoms with Crippen molar-refractivity contribution in [1.29, 1.82) is 0 Å². The van der Waals surface area contributed by atoms with E-state index >= 15 is 0 Å². The van der Waals surface area contributed by atoms with Crippen LogP contribution >= 0.6 is 0 Å². The highest BCUT2D eigenvalue weighted by Gasteiger charge is 2.30. The molecule has 20 heavy (non-hydrogen) atoms. The largest absolute Gasteiger partial charge is 0.286 e. The summed E-state index contributed by atoms with van der Waals surface area (Å²) in [6.45, 7) is 5.85. The summed E-state index contributed by atoms with van der Waals surface area (Å²) >= 11 is 0. The molecular formula is C17H18N2O. The van der Waals surface area contributed by atoms with Crippen LogP contribution in [0, 0.1) is 6.92 Å². The highest BCUT2D eigenvalue weighted by molar-refractivity contribution is 5.64. The van der Waals surface area contributed by atoms with E-state index < -0.39 is 5.66 Å². The predicted octanol–water partition coefficient (Wildman–Crippen LogP) is 2.21. The maximum absolute atomic E-state index is 10.6. The molecule has 0 unspecified atom stereocenters. The van der Waals surface area contributed by atoms with Crippen molar-refractivity contribution in [3.05, 3.63) is 70.2 Å². The lowest BCUT2D eigenvalue weighted by Crippen LogP contribution is -2.50. The summed E-state index contributed by atoms with van der Waals surface area (Å²) in [6, 6.07) is 16.1. The Hall–Kier alpha value is -2.13. The summed E-state index contributed by atoms with van der Waals surface area (Å²) in [4.78, 5) is 4.63. The first-order valence-electron chi connectivity index (χ1n) is 6.74. The number of fused-ring (bicyclic) bond motifs is 1. The number of rotatable bonds is 1. The maximum atomic E-state index is 10.6. The highest BCUT2D eigenvalue weighted by atomic mass is 16.5. The minimum atomic E-state index is -0.673. The molecule has 0 bridgehead atoms. The summed E-state index contributed by atoms with van der Waals surface area (Å²) in [6.07, 6.45) is 0. The third-order valence-corrected chi connectivity index (χ3v) is 3.58. The van der Waals surface area contributed by atoms with Crippen LogP contribution in [0.15, 0.2) is 53.5 Å². The van der Waals surface area contributed by atoms with Crippen molar-refractivity contribution in [3.63, 3.8) is 0 Å². The van der Waals surface area contributed by atoms with E-state index in [4.69, 9.17) is 0 Å². The van der Waals surface area contributed by atoms with Crippen molar-refractivity contribution in [1.82, 2.24) is 5.06 Å². The topological polar surface area (TPSA) is 35.8 Å². The third-order valence-electron chi connectivity index (χ3n) is 3.58. The first-order valence-corrected chi connectivity index (χ1v) is 6.74. The molecule has 3 nitrogen and oxygen atoms in total. The fourth-order valence-corrected chi connectivity index (χ4v) is 2.54. The van der Waals surface area contributed by atoms with Crippen LogP contribution in [0.1, 0.15) is 25.0 Å². The van der Waals surface area contributed by atoms with Crippen LogP contribution in [-0.2, 0) is 0 Å². The van der Waals surface area contributed by atoms with Gasteiger partial charge in [0.15, 0.2) is 5.66 Å². The molecule has 0 atom stereocenters. The molecule has 102 valence electrons. The van der Waals surface area contributed by atoms with Gasteiger partial charge in [0, 0.05) is 10.8 Å². The molecule has 0 saturated carbocycles. The Morgan fingerprint density at radius 1 is 1.05 bits per heavy atom. The minimum absolute atomic E-state index is 0.673. The maximum Gasteiger partial charge on any atom is 0.151 e. The Kier molecular flexibility index (Phi) is 2.87. The minimum Gasteiger partial charge on any atom is -0.286 e. The molecule has 0 radical (unpaired) electrons. The van der Waals surface area contributed by atoms with Gasteiger partial charge in [0.2, 0.25) is 0 Å². The number of hydroxylamine groups is 2. The van der Waals surface area contributed by atoms with Gasteiger partial charge in [0.1, 0.15) is 0 Å². The summed E-state index contributed by atoms with van der Waals surface area (Å²) in [5, 5.41) is 13.7. The molecule has 0 saturated heterocycles. The standard InChI is InChI=1S/C17H18N2O/c1-12-9-10-15-14(11-12)16(13-7-5-4-6-8-13)19(20)17(2,3)18-15/h4-11,20H,1-3H3. The van der Waals surface area contributed by atoms with E-state index in [1.54, 1.807) is 0 Å². The zero-order valence-corrected chi connectivity index (χ0v) is 12.0. The Balaban J connectivity index is 2.43. The number of nitrogens with zero attached hydrogens (tertiary/aromatic N) is 2. The third kappa shape index (κ3) is 2.00. The number of hydrogen-bond donors (Lipinski definition) is 1. The van der Waals surface area contributed by atoms with Crippen molar-refractivity contribution >= 4 is 5.70 Å². The Morgan fingerprint density at radius 2 is 1.75 bits per heavy atom. The van der Waals surface area contributed by atoms with Crippen molar-refractivity contribution in [2.24, 2.45) is 4.99 Å². The van der Waals surface area contributed by atoms with Gasteiger partial charge in [-0.1, -0.05) is 42.0 Å². The van der Waals surface area contributed by atoms with E-state index in [2.05, 4.69) is 11.1 Å². The SMILES string of the molecule is Cc1ccc2c(c1)=C(c1ccccc1)N(O)C(C)(C)N=2. The number of hydrogen-bond acceptors (Lipinski definition) is 3. The highest BCUT2D eigenvalue weighted by Crippen LogP contribution is 2.25. The van der Waals surface area contributed by atoms with Crippen LogP contribution in [0.3, 0.4) is 0 Å². The molecule has 0 aromatic heterocycles. The van der Waals surface area contributed by atoms with Crippen LogP contribution < -0.4 is 10.6 Å². The predicted molar refractivity (Wildman–Crippen MR) is 78.6 cm³/mol. The molecular weight excluding hydrogens is 248 g/mol. The zero-order valence-electron chi connectivity index (χ0n) is 12.0. The van der Waals surface area contributed by atoms with E-state index in [1.165, 1.54) is 5.06 Å². The smallest absolute Gasteiger partial charge is 0.151 e. The Morgan fingerprint density at radius 3 is 2.45 bits per heavy atom. The van der Waals surface area contributed by atoms with Crippen molar-refractivity contribution in [2.45, 2.75) is 26.4 Å². The Labute approximate surface area is 118 Å². The van der Waals surface area contributed by atoms with Crippen LogP contribution in [0.2, 0.25) is 0 Å². The zero-order chi connectivity index (χ0) is 14.3.